The van der Waals surface area contributed by atoms with Crippen LogP contribution in [-0.4, -0.2) is 0 Å². The molecule has 22 heavy (non-hydrogen) atoms. The fourth-order valence-corrected chi connectivity index (χ4v) is 2.98. The minimum atomic E-state index is -0.826. The Morgan fingerprint density at radius 3 is 2.36 bits per heavy atom. The molecule has 0 heterocycles. The minimum absolute atomic E-state index is 0.826. The average Bonchev–Trinajstić information content (AvgIpc) is 2.98. The number of allylic oxidation sites excluding steroid dienone is 1. The van der Waals surface area contributed by atoms with E-state index in [4.69, 9.17) is 17.0 Å². The van der Waals surface area contributed by atoms with Crippen molar-refractivity contribution >= 4 is 28.7 Å². The summed E-state index contributed by atoms with van der Waals surface area (Å²) in [5, 5.41) is 0. The van der Waals surface area contributed by atoms with E-state index in [0.717, 1.165) is 6.42 Å². The molecule has 2 aromatic rings. The maximum atomic E-state index is 4.93. The molecule has 0 unspecified atom stereocenters. The summed E-state index contributed by atoms with van der Waals surface area (Å²) in [4.78, 5) is 0. The van der Waals surface area contributed by atoms with Crippen LogP contribution >= 0.6 is 17.0 Å². The van der Waals surface area contributed by atoms with Gasteiger partial charge in [-0.2, -0.15) is 0 Å². The number of benzene rings is 2. The van der Waals surface area contributed by atoms with E-state index in [9.17, 15) is 0 Å². The molecule has 0 saturated heterocycles. The first-order valence-corrected chi connectivity index (χ1v) is 13.9. The molecule has 2 aromatic carbocycles. The molecule has 1 aliphatic carbocycles. The Balaban J connectivity index is 0.000000545. The maximum absolute atomic E-state index is 4.93. The molecule has 3 rings (SSSR count). The van der Waals surface area contributed by atoms with Crippen LogP contribution in [0.1, 0.15) is 41.2 Å². The van der Waals surface area contributed by atoms with Crippen molar-refractivity contribution in [3.8, 4) is 0 Å². The standard InChI is InChI=1S/C19H20.2ClH.Zr/c1-3-7-16-11-10-14(2)18-12-17(13-19(16)18)15-8-5-4-6-9-15;;;/h4-6,8-11,13H,3,7,12H2,1-2H3;2*1H;/q;;;+2/p-2. The molecule has 114 valence electrons. The normalized spacial score (nSPS) is 12.1. The summed E-state index contributed by atoms with van der Waals surface area (Å²) in [5.74, 6) is 0. The molecule has 3 heteroatoms. The van der Waals surface area contributed by atoms with E-state index in [1.807, 2.05) is 0 Å². The SMILES string of the molecule is CCCc1ccc(C)c2c1C=C(c1ccccc1)C2.[Cl][Zr][Cl]. The number of rotatable bonds is 3. The monoisotopic (exact) mass is 408 g/mol. The zero-order chi connectivity index (χ0) is 15.9. The van der Waals surface area contributed by atoms with Gasteiger partial charge >= 0.3 is 37.9 Å². The summed E-state index contributed by atoms with van der Waals surface area (Å²) < 4.78 is 0. The Morgan fingerprint density at radius 1 is 1.05 bits per heavy atom. The van der Waals surface area contributed by atoms with Gasteiger partial charge in [-0.1, -0.05) is 61.9 Å². The number of halogens is 2. The van der Waals surface area contributed by atoms with Crippen LogP contribution in [0.2, 0.25) is 0 Å². The third kappa shape index (κ3) is 4.34. The van der Waals surface area contributed by atoms with Crippen molar-refractivity contribution < 1.29 is 20.8 Å². The molecule has 1 aliphatic rings. The Labute approximate surface area is 152 Å². The molecule has 0 spiro atoms. The Bertz CT molecular complexity index is 648. The van der Waals surface area contributed by atoms with Gasteiger partial charge in [0, 0.05) is 0 Å². The fraction of sp³-hybridized carbons (Fsp3) is 0.263. The molecule has 0 aromatic heterocycles. The number of hydrogen-bond acceptors (Lipinski definition) is 0. The molecule has 0 radical (unpaired) electrons. The molecule has 0 saturated carbocycles. The fourth-order valence-electron chi connectivity index (χ4n) is 2.98. The summed E-state index contributed by atoms with van der Waals surface area (Å²) >= 11 is -0.826. The third-order valence-corrected chi connectivity index (χ3v) is 4.03. The zero-order valence-electron chi connectivity index (χ0n) is 13.0. The molecular formula is C19H20Cl2Zr. The first-order valence-electron chi connectivity index (χ1n) is 7.54. The summed E-state index contributed by atoms with van der Waals surface area (Å²) in [7, 11) is 9.87. The van der Waals surface area contributed by atoms with E-state index in [2.05, 4.69) is 62.4 Å². The molecule has 0 N–H and O–H groups in total. The second-order valence-electron chi connectivity index (χ2n) is 5.47. The molecule has 0 aliphatic heterocycles. The van der Waals surface area contributed by atoms with Crippen LogP contribution in [0.4, 0.5) is 0 Å². The second kappa shape index (κ2) is 9.06. The summed E-state index contributed by atoms with van der Waals surface area (Å²) in [6.07, 6.45) is 5.89. The van der Waals surface area contributed by atoms with Gasteiger partial charge < -0.3 is 0 Å². The number of aryl methyl sites for hydroxylation is 2. The second-order valence-corrected chi connectivity index (χ2v) is 9.20. The van der Waals surface area contributed by atoms with Crippen molar-refractivity contribution in [1.29, 1.82) is 0 Å². The predicted molar refractivity (Wildman–Crippen MR) is 94.9 cm³/mol. The van der Waals surface area contributed by atoms with Crippen molar-refractivity contribution in [3.63, 3.8) is 0 Å². The van der Waals surface area contributed by atoms with Crippen LogP contribution in [0.5, 0.6) is 0 Å². The molecule has 0 amide bonds. The molecule has 0 bridgehead atoms. The van der Waals surface area contributed by atoms with Crippen molar-refractivity contribution in [1.82, 2.24) is 0 Å². The molecule has 0 nitrogen and oxygen atoms in total. The summed E-state index contributed by atoms with van der Waals surface area (Å²) in [5.41, 5.74) is 8.78. The summed E-state index contributed by atoms with van der Waals surface area (Å²) in [6, 6.07) is 15.4. The van der Waals surface area contributed by atoms with Gasteiger partial charge in [-0.3, -0.25) is 0 Å². The van der Waals surface area contributed by atoms with Crippen LogP contribution in [0, 0.1) is 6.92 Å². The van der Waals surface area contributed by atoms with Gasteiger partial charge in [0.2, 0.25) is 0 Å². The first kappa shape index (κ1) is 18.0. The van der Waals surface area contributed by atoms with E-state index >= 15 is 0 Å². The van der Waals surface area contributed by atoms with Crippen molar-refractivity contribution in [3.05, 3.63) is 70.3 Å². The van der Waals surface area contributed by atoms with Crippen molar-refractivity contribution in [2.45, 2.75) is 33.1 Å². The Hall–Kier alpha value is -0.357. The van der Waals surface area contributed by atoms with Crippen molar-refractivity contribution in [2.24, 2.45) is 0 Å². The van der Waals surface area contributed by atoms with Gasteiger partial charge in [-0.05, 0) is 53.2 Å². The number of hydrogen-bond donors (Lipinski definition) is 0. The van der Waals surface area contributed by atoms with Crippen LogP contribution in [0.25, 0.3) is 11.6 Å². The predicted octanol–water partition coefficient (Wildman–Crippen LogP) is 6.42. The topological polar surface area (TPSA) is 0 Å². The van der Waals surface area contributed by atoms with Crippen molar-refractivity contribution in [2.75, 3.05) is 0 Å². The molecule has 0 fully saturated rings. The van der Waals surface area contributed by atoms with E-state index < -0.39 is 20.8 Å². The van der Waals surface area contributed by atoms with Gasteiger partial charge in [0.25, 0.3) is 0 Å². The van der Waals surface area contributed by atoms with Crippen LogP contribution < -0.4 is 0 Å². The van der Waals surface area contributed by atoms with E-state index in [0.29, 0.717) is 0 Å². The van der Waals surface area contributed by atoms with Gasteiger partial charge in [0.05, 0.1) is 0 Å². The first-order chi connectivity index (χ1) is 10.7. The van der Waals surface area contributed by atoms with Gasteiger partial charge in [0.15, 0.2) is 0 Å². The average molecular weight is 410 g/mol. The van der Waals surface area contributed by atoms with Gasteiger partial charge in [0.1, 0.15) is 0 Å². The zero-order valence-corrected chi connectivity index (χ0v) is 17.0. The summed E-state index contributed by atoms with van der Waals surface area (Å²) in [6.45, 7) is 4.49. The third-order valence-electron chi connectivity index (χ3n) is 4.03. The number of fused-ring (bicyclic) bond motifs is 1. The Morgan fingerprint density at radius 2 is 1.73 bits per heavy atom. The molecular weight excluding hydrogens is 390 g/mol. The van der Waals surface area contributed by atoms with Gasteiger partial charge in [-0.25, -0.2) is 0 Å². The van der Waals surface area contributed by atoms with Crippen LogP contribution in [-0.2, 0) is 33.7 Å². The van der Waals surface area contributed by atoms with E-state index in [-0.39, 0.29) is 0 Å². The van der Waals surface area contributed by atoms with E-state index in [1.165, 1.54) is 46.2 Å². The Kier molecular flexibility index (Phi) is 7.41. The van der Waals surface area contributed by atoms with Crippen LogP contribution in [0.15, 0.2) is 42.5 Å². The van der Waals surface area contributed by atoms with Gasteiger partial charge in [-0.15, -0.1) is 0 Å². The van der Waals surface area contributed by atoms with E-state index in [1.54, 1.807) is 0 Å². The molecule has 0 atom stereocenters. The quantitative estimate of drug-likeness (QED) is 0.548. The van der Waals surface area contributed by atoms with Crippen LogP contribution in [0.3, 0.4) is 0 Å².